The number of carbonyl (C=O) groups is 5. The summed E-state index contributed by atoms with van der Waals surface area (Å²) in [5.41, 5.74) is 10.2. The molecule has 1 heterocycles. The predicted octanol–water partition coefficient (Wildman–Crippen LogP) is 0.952. The molecule has 2 atom stereocenters. The van der Waals surface area contributed by atoms with Gasteiger partial charge in [0.05, 0.1) is 6.54 Å². The highest BCUT2D eigenvalue weighted by Gasteiger charge is 2.27. The largest absolute Gasteiger partial charge is 0.444 e. The highest BCUT2D eigenvalue weighted by atomic mass is 16.6. The number of ether oxygens (including phenoxy) is 1. The summed E-state index contributed by atoms with van der Waals surface area (Å²) in [5.74, 6) is -3.06. The van der Waals surface area contributed by atoms with E-state index in [2.05, 4.69) is 26.3 Å². The zero-order valence-corrected chi connectivity index (χ0v) is 26.4. The van der Waals surface area contributed by atoms with Gasteiger partial charge in [-0.2, -0.15) is 0 Å². The number of imide groups is 1. The van der Waals surface area contributed by atoms with Crippen LogP contribution in [0.5, 0.6) is 0 Å². The average molecular weight is 630 g/mol. The molecular weight excluding hydrogens is 586 g/mol. The van der Waals surface area contributed by atoms with Gasteiger partial charge in [-0.1, -0.05) is 19.9 Å². The molecule has 0 bridgehead atoms. The van der Waals surface area contributed by atoms with Crippen LogP contribution in [0.3, 0.4) is 0 Å². The van der Waals surface area contributed by atoms with Gasteiger partial charge in [0.1, 0.15) is 23.3 Å². The fourth-order valence-corrected chi connectivity index (χ4v) is 4.20. The van der Waals surface area contributed by atoms with Crippen LogP contribution in [0.2, 0.25) is 0 Å². The van der Waals surface area contributed by atoms with Gasteiger partial charge in [0.2, 0.25) is 17.7 Å². The lowest BCUT2D eigenvalue weighted by Gasteiger charge is -2.24. The zero-order valence-electron chi connectivity index (χ0n) is 26.4. The van der Waals surface area contributed by atoms with Gasteiger partial charge in [0.15, 0.2) is 5.96 Å². The highest BCUT2D eigenvalue weighted by Crippen LogP contribution is 2.18. The molecule has 5 amide bonds. The molecule has 1 aromatic heterocycles. The van der Waals surface area contributed by atoms with E-state index < -0.39 is 59.6 Å². The number of aliphatic imine (C=N–C) groups is 1. The second-order valence-electron chi connectivity index (χ2n) is 11.9. The molecular formula is C30H43N7O8. The number of nitrogens with zero attached hydrogens (tertiary/aromatic N) is 1. The van der Waals surface area contributed by atoms with Gasteiger partial charge in [-0.25, -0.2) is 9.59 Å². The Hall–Kier alpha value is -4.95. The Kier molecular flexibility index (Phi) is 13.1. The fraction of sp³-hybridized carbons (Fsp3) is 0.500. The third-order valence-electron chi connectivity index (χ3n) is 6.19. The summed E-state index contributed by atoms with van der Waals surface area (Å²) in [6, 6.07) is 3.56. The molecule has 15 nitrogen and oxygen atoms in total. The molecule has 8 N–H and O–H groups in total. The topological polar surface area (TPSA) is 237 Å². The van der Waals surface area contributed by atoms with Crippen molar-refractivity contribution < 1.29 is 33.1 Å². The number of nitrogens with two attached hydrogens (primary N) is 2. The smallest absolute Gasteiger partial charge is 0.408 e. The van der Waals surface area contributed by atoms with Crippen LogP contribution in [-0.4, -0.2) is 66.5 Å². The van der Waals surface area contributed by atoms with Gasteiger partial charge in [0, 0.05) is 23.6 Å². The first-order valence-corrected chi connectivity index (χ1v) is 14.5. The first-order chi connectivity index (χ1) is 20.9. The number of rotatable bonds is 13. The number of hydrogen-bond acceptors (Lipinski definition) is 9. The van der Waals surface area contributed by atoms with Crippen LogP contribution < -0.4 is 38.4 Å². The van der Waals surface area contributed by atoms with Crippen molar-refractivity contribution in [3.8, 4) is 0 Å². The molecule has 0 aliphatic heterocycles. The Morgan fingerprint density at radius 3 is 2.31 bits per heavy atom. The Morgan fingerprint density at radius 1 is 1.00 bits per heavy atom. The number of benzene rings is 1. The van der Waals surface area contributed by atoms with Crippen LogP contribution in [0.1, 0.15) is 69.8 Å². The lowest BCUT2D eigenvalue weighted by Crippen LogP contribution is -2.53. The van der Waals surface area contributed by atoms with E-state index in [9.17, 15) is 28.8 Å². The molecule has 0 fully saturated rings. The molecule has 2 aromatic rings. The van der Waals surface area contributed by atoms with Crippen LogP contribution in [0.15, 0.2) is 38.5 Å². The maximum atomic E-state index is 13.1. The molecule has 246 valence electrons. The molecule has 1 aromatic carbocycles. The zero-order chi connectivity index (χ0) is 33.9. The standard InChI is InChI=1S/C30H43N7O8/c1-16(2)12-21(36-29(43)45-30(4,5)6)26(41)34-15-23(38)35-20(8-7-11-33-28(31)32)27(42)37-25(40)18-9-10-19-17(3)13-24(39)44-22(19)14-18/h9-10,13-14,16,20-21H,7-8,11-12,15H2,1-6H3,(H,34,41)(H,35,38)(H,36,43)(H4,31,32,33)(H,37,40,42)/t20-,21-/m0/s1. The average Bonchev–Trinajstić information content (AvgIpc) is 2.90. The molecule has 0 radical (unpaired) electrons. The van der Waals surface area contributed by atoms with Crippen LogP contribution in [0.25, 0.3) is 11.0 Å². The Labute approximate surface area is 260 Å². The van der Waals surface area contributed by atoms with Crippen molar-refractivity contribution in [3.05, 3.63) is 45.8 Å². The van der Waals surface area contributed by atoms with E-state index in [0.717, 1.165) is 0 Å². The number of carbonyl (C=O) groups excluding carboxylic acids is 5. The summed E-state index contributed by atoms with van der Waals surface area (Å²) < 4.78 is 10.4. The van der Waals surface area contributed by atoms with Crippen LogP contribution >= 0.6 is 0 Å². The summed E-state index contributed by atoms with van der Waals surface area (Å²) in [7, 11) is 0. The first-order valence-electron chi connectivity index (χ1n) is 14.5. The summed E-state index contributed by atoms with van der Waals surface area (Å²) in [6.07, 6.45) is -0.174. The van der Waals surface area contributed by atoms with Gasteiger partial charge in [0.25, 0.3) is 5.91 Å². The van der Waals surface area contributed by atoms with E-state index in [4.69, 9.17) is 20.6 Å². The minimum Gasteiger partial charge on any atom is -0.444 e. The van der Waals surface area contributed by atoms with Gasteiger partial charge in [-0.15, -0.1) is 0 Å². The fourth-order valence-electron chi connectivity index (χ4n) is 4.20. The SMILES string of the molecule is Cc1cc(=O)oc2cc(C(=O)NC(=O)[C@H](CCCN=C(N)N)NC(=O)CNC(=O)[C@H](CC(C)C)NC(=O)OC(C)(C)C)ccc12. The van der Waals surface area contributed by atoms with Gasteiger partial charge in [-0.05, 0) is 70.6 Å². The molecule has 0 unspecified atom stereocenters. The summed E-state index contributed by atoms with van der Waals surface area (Å²) in [4.78, 5) is 79.6. The number of fused-ring (bicyclic) bond motifs is 1. The quantitative estimate of drug-likeness (QED) is 0.0794. The van der Waals surface area contributed by atoms with Crippen molar-refractivity contribution in [3.63, 3.8) is 0 Å². The second-order valence-corrected chi connectivity index (χ2v) is 11.9. The van der Waals surface area contributed by atoms with E-state index in [-0.39, 0.29) is 48.8 Å². The molecule has 0 aliphatic rings. The number of aryl methyl sites for hydroxylation is 1. The maximum absolute atomic E-state index is 13.1. The van der Waals surface area contributed by atoms with E-state index in [1.807, 2.05) is 13.8 Å². The Bertz CT molecular complexity index is 1490. The third-order valence-corrected chi connectivity index (χ3v) is 6.19. The van der Waals surface area contributed by atoms with E-state index in [1.54, 1.807) is 33.8 Å². The number of alkyl carbamates (subject to hydrolysis) is 1. The molecule has 45 heavy (non-hydrogen) atoms. The highest BCUT2D eigenvalue weighted by molar-refractivity contribution is 6.08. The van der Waals surface area contributed by atoms with Crippen LogP contribution in [0, 0.1) is 12.8 Å². The molecule has 15 heteroatoms. The monoisotopic (exact) mass is 629 g/mol. The van der Waals surface area contributed by atoms with Crippen molar-refractivity contribution in [2.75, 3.05) is 13.1 Å². The minimum atomic E-state index is -1.19. The van der Waals surface area contributed by atoms with Crippen molar-refractivity contribution in [1.82, 2.24) is 21.3 Å². The van der Waals surface area contributed by atoms with Gasteiger partial charge in [-0.3, -0.25) is 29.5 Å². The van der Waals surface area contributed by atoms with Gasteiger partial charge < -0.3 is 36.6 Å². The van der Waals surface area contributed by atoms with E-state index in [1.165, 1.54) is 18.2 Å². The van der Waals surface area contributed by atoms with Crippen molar-refractivity contribution in [2.24, 2.45) is 22.4 Å². The van der Waals surface area contributed by atoms with E-state index in [0.29, 0.717) is 10.9 Å². The lowest BCUT2D eigenvalue weighted by molar-refractivity contribution is -0.130. The summed E-state index contributed by atoms with van der Waals surface area (Å²) >= 11 is 0. The number of amides is 5. The Balaban J connectivity index is 2.10. The second kappa shape index (κ2) is 16.2. The van der Waals surface area contributed by atoms with Crippen molar-refractivity contribution >= 4 is 46.7 Å². The molecule has 0 saturated heterocycles. The predicted molar refractivity (Wildman–Crippen MR) is 167 cm³/mol. The molecule has 0 saturated carbocycles. The summed E-state index contributed by atoms with van der Waals surface area (Å²) in [5, 5.41) is 10.4. The van der Waals surface area contributed by atoms with Crippen molar-refractivity contribution in [1.29, 1.82) is 0 Å². The molecule has 0 spiro atoms. The van der Waals surface area contributed by atoms with Crippen LogP contribution in [0.4, 0.5) is 4.79 Å². The maximum Gasteiger partial charge on any atom is 0.408 e. The van der Waals surface area contributed by atoms with Crippen molar-refractivity contribution in [2.45, 2.75) is 78.5 Å². The normalized spacial score (nSPS) is 12.5. The number of nitrogens with one attached hydrogen (secondary N) is 4. The molecule has 2 rings (SSSR count). The van der Waals surface area contributed by atoms with Gasteiger partial charge >= 0.3 is 11.7 Å². The third kappa shape index (κ3) is 12.7. The minimum absolute atomic E-state index is 0.0306. The lowest BCUT2D eigenvalue weighted by atomic mass is 10.0. The number of hydrogen-bond donors (Lipinski definition) is 6. The molecule has 0 aliphatic carbocycles. The Morgan fingerprint density at radius 2 is 1.69 bits per heavy atom. The summed E-state index contributed by atoms with van der Waals surface area (Å²) in [6.45, 7) is 10.2. The van der Waals surface area contributed by atoms with Crippen LogP contribution in [-0.2, 0) is 19.1 Å². The number of guanidine groups is 1. The first kappa shape index (κ1) is 36.2. The van der Waals surface area contributed by atoms with E-state index >= 15 is 0 Å².